The van der Waals surface area contributed by atoms with E-state index in [1.807, 2.05) is 13.8 Å². The number of anilines is 1. The second-order valence-corrected chi connectivity index (χ2v) is 4.10. The number of nitrogen functional groups attached to an aromatic ring is 1. The van der Waals surface area contributed by atoms with Crippen LogP contribution in [-0.2, 0) is 0 Å². The van der Waals surface area contributed by atoms with Crippen molar-refractivity contribution in [3.63, 3.8) is 0 Å². The third-order valence-electron chi connectivity index (χ3n) is 2.08. The Morgan fingerprint density at radius 2 is 1.94 bits per heavy atom. The van der Waals surface area contributed by atoms with Gasteiger partial charge >= 0.3 is 0 Å². The second-order valence-electron chi connectivity index (χ2n) is 4.10. The first-order valence-corrected chi connectivity index (χ1v) is 5.47. The molecule has 1 atom stereocenters. The van der Waals surface area contributed by atoms with Gasteiger partial charge in [0.15, 0.2) is 0 Å². The van der Waals surface area contributed by atoms with Crippen LogP contribution < -0.4 is 15.8 Å². The smallest absolute Gasteiger partial charge is 0.119 e. The quantitative estimate of drug-likeness (QED) is 0.631. The van der Waals surface area contributed by atoms with E-state index < -0.39 is 6.10 Å². The fourth-order valence-electron chi connectivity index (χ4n) is 1.19. The summed E-state index contributed by atoms with van der Waals surface area (Å²) < 4.78 is 5.41. The van der Waals surface area contributed by atoms with E-state index in [1.165, 1.54) is 0 Å². The minimum atomic E-state index is -0.500. The summed E-state index contributed by atoms with van der Waals surface area (Å²) in [5, 5.41) is 12.7. The molecule has 4 heteroatoms. The van der Waals surface area contributed by atoms with E-state index in [2.05, 4.69) is 5.32 Å². The van der Waals surface area contributed by atoms with Crippen molar-refractivity contribution in [1.82, 2.24) is 5.32 Å². The topological polar surface area (TPSA) is 67.5 Å². The third kappa shape index (κ3) is 5.00. The van der Waals surface area contributed by atoms with Crippen LogP contribution in [0.25, 0.3) is 0 Å². The van der Waals surface area contributed by atoms with Gasteiger partial charge in [0, 0.05) is 18.3 Å². The molecule has 0 aliphatic carbocycles. The van der Waals surface area contributed by atoms with Gasteiger partial charge in [-0.25, -0.2) is 0 Å². The number of hydrogen-bond acceptors (Lipinski definition) is 4. The van der Waals surface area contributed by atoms with Crippen LogP contribution in [0.3, 0.4) is 0 Å². The van der Waals surface area contributed by atoms with E-state index in [4.69, 9.17) is 10.5 Å². The molecule has 16 heavy (non-hydrogen) atoms. The molecule has 1 rings (SSSR count). The Kier molecular flexibility index (Phi) is 5.08. The van der Waals surface area contributed by atoms with E-state index in [-0.39, 0.29) is 6.61 Å². The van der Waals surface area contributed by atoms with Gasteiger partial charge in [0.25, 0.3) is 0 Å². The fourth-order valence-corrected chi connectivity index (χ4v) is 1.19. The van der Waals surface area contributed by atoms with E-state index in [0.29, 0.717) is 18.3 Å². The maximum absolute atomic E-state index is 9.60. The van der Waals surface area contributed by atoms with Crippen LogP contribution in [0.1, 0.15) is 13.8 Å². The number of benzene rings is 1. The fraction of sp³-hybridized carbons (Fsp3) is 0.500. The molecule has 1 aromatic carbocycles. The first-order chi connectivity index (χ1) is 7.58. The Labute approximate surface area is 96.4 Å². The summed E-state index contributed by atoms with van der Waals surface area (Å²) in [5.41, 5.74) is 6.25. The summed E-state index contributed by atoms with van der Waals surface area (Å²) in [4.78, 5) is 0. The molecular formula is C12H20N2O2. The predicted molar refractivity (Wildman–Crippen MR) is 65.5 cm³/mol. The maximum Gasteiger partial charge on any atom is 0.119 e. The zero-order valence-electron chi connectivity index (χ0n) is 9.81. The second kappa shape index (κ2) is 6.35. The average Bonchev–Trinajstić information content (AvgIpc) is 2.25. The lowest BCUT2D eigenvalue weighted by molar-refractivity contribution is 0.104. The molecule has 90 valence electrons. The zero-order valence-corrected chi connectivity index (χ0v) is 9.81. The Balaban J connectivity index is 2.26. The summed E-state index contributed by atoms with van der Waals surface area (Å²) in [6, 6.07) is 7.49. The van der Waals surface area contributed by atoms with Crippen LogP contribution in [0, 0.1) is 0 Å². The minimum Gasteiger partial charge on any atom is -0.491 e. The molecule has 0 bridgehead atoms. The predicted octanol–water partition coefficient (Wildman–Crippen LogP) is 1.01. The number of aliphatic hydroxyl groups is 1. The Morgan fingerprint density at radius 3 is 2.50 bits per heavy atom. The Morgan fingerprint density at radius 1 is 1.31 bits per heavy atom. The van der Waals surface area contributed by atoms with Gasteiger partial charge in [-0.15, -0.1) is 0 Å². The summed E-state index contributed by atoms with van der Waals surface area (Å²) in [7, 11) is 0. The molecule has 4 N–H and O–H groups in total. The van der Waals surface area contributed by atoms with Crippen LogP contribution in [0.4, 0.5) is 5.69 Å². The monoisotopic (exact) mass is 224 g/mol. The molecule has 1 aromatic rings. The van der Waals surface area contributed by atoms with Gasteiger partial charge in [0.1, 0.15) is 18.5 Å². The largest absolute Gasteiger partial charge is 0.491 e. The first-order valence-electron chi connectivity index (χ1n) is 5.47. The molecule has 0 amide bonds. The van der Waals surface area contributed by atoms with Crippen molar-refractivity contribution in [2.45, 2.75) is 26.0 Å². The highest BCUT2D eigenvalue weighted by Crippen LogP contribution is 2.13. The Bertz CT molecular complexity index is 298. The van der Waals surface area contributed by atoms with Crippen LogP contribution in [0.2, 0.25) is 0 Å². The number of nitrogens with one attached hydrogen (secondary N) is 1. The number of rotatable bonds is 6. The molecule has 0 saturated carbocycles. The van der Waals surface area contributed by atoms with Crippen molar-refractivity contribution in [3.8, 4) is 5.75 Å². The third-order valence-corrected chi connectivity index (χ3v) is 2.08. The maximum atomic E-state index is 9.60. The molecule has 0 aromatic heterocycles. The van der Waals surface area contributed by atoms with E-state index >= 15 is 0 Å². The van der Waals surface area contributed by atoms with Gasteiger partial charge in [-0.1, -0.05) is 13.8 Å². The van der Waals surface area contributed by atoms with Gasteiger partial charge in [-0.2, -0.15) is 0 Å². The lowest BCUT2D eigenvalue weighted by Crippen LogP contribution is -2.35. The minimum absolute atomic E-state index is 0.281. The van der Waals surface area contributed by atoms with Gasteiger partial charge in [0.05, 0.1) is 0 Å². The molecule has 0 unspecified atom stereocenters. The summed E-state index contributed by atoms with van der Waals surface area (Å²) >= 11 is 0. The summed E-state index contributed by atoms with van der Waals surface area (Å²) in [6.45, 7) is 4.89. The molecule has 0 fully saturated rings. The lowest BCUT2D eigenvalue weighted by atomic mass is 10.3. The van der Waals surface area contributed by atoms with Crippen LogP contribution in [0.5, 0.6) is 5.75 Å². The lowest BCUT2D eigenvalue weighted by Gasteiger charge is -2.15. The highest BCUT2D eigenvalue weighted by Gasteiger charge is 2.05. The van der Waals surface area contributed by atoms with E-state index in [0.717, 1.165) is 5.75 Å². The highest BCUT2D eigenvalue weighted by atomic mass is 16.5. The van der Waals surface area contributed by atoms with Crippen LogP contribution >= 0.6 is 0 Å². The number of nitrogens with two attached hydrogens (primary N) is 1. The SMILES string of the molecule is CC(C)NC[C@H](O)COc1ccc(N)cc1. The molecule has 0 aliphatic rings. The van der Waals surface area contributed by atoms with Crippen molar-refractivity contribution in [1.29, 1.82) is 0 Å². The number of aliphatic hydroxyl groups excluding tert-OH is 1. The van der Waals surface area contributed by atoms with Crippen molar-refractivity contribution in [2.75, 3.05) is 18.9 Å². The standard InChI is InChI=1S/C12H20N2O2/c1-9(2)14-7-11(15)8-16-12-5-3-10(13)4-6-12/h3-6,9,11,14-15H,7-8,13H2,1-2H3/t11-/m0/s1. The summed E-state index contributed by atoms with van der Waals surface area (Å²) in [5.74, 6) is 0.720. The summed E-state index contributed by atoms with van der Waals surface area (Å²) in [6.07, 6.45) is -0.500. The first kappa shape index (κ1) is 12.8. The molecule has 0 heterocycles. The van der Waals surface area contributed by atoms with Gasteiger partial charge in [-0.05, 0) is 24.3 Å². The molecule has 0 radical (unpaired) electrons. The van der Waals surface area contributed by atoms with Crippen LogP contribution in [0.15, 0.2) is 24.3 Å². The van der Waals surface area contributed by atoms with Crippen molar-refractivity contribution in [3.05, 3.63) is 24.3 Å². The van der Waals surface area contributed by atoms with Gasteiger partial charge in [0.2, 0.25) is 0 Å². The van der Waals surface area contributed by atoms with E-state index in [9.17, 15) is 5.11 Å². The van der Waals surface area contributed by atoms with E-state index in [1.54, 1.807) is 24.3 Å². The van der Waals surface area contributed by atoms with Gasteiger partial charge < -0.3 is 20.9 Å². The Hall–Kier alpha value is -1.26. The normalized spacial score (nSPS) is 12.8. The van der Waals surface area contributed by atoms with Crippen molar-refractivity contribution in [2.24, 2.45) is 0 Å². The number of hydrogen-bond donors (Lipinski definition) is 3. The molecule has 0 saturated heterocycles. The zero-order chi connectivity index (χ0) is 12.0. The molecule has 0 aliphatic heterocycles. The van der Waals surface area contributed by atoms with Crippen LogP contribution in [-0.4, -0.2) is 30.4 Å². The highest BCUT2D eigenvalue weighted by molar-refractivity contribution is 5.41. The van der Waals surface area contributed by atoms with Crippen molar-refractivity contribution < 1.29 is 9.84 Å². The van der Waals surface area contributed by atoms with Crippen molar-refractivity contribution >= 4 is 5.69 Å². The van der Waals surface area contributed by atoms with Gasteiger partial charge in [-0.3, -0.25) is 0 Å². The molecule has 4 nitrogen and oxygen atoms in total. The molecular weight excluding hydrogens is 204 g/mol. The number of ether oxygens (including phenoxy) is 1. The molecule has 0 spiro atoms. The average molecular weight is 224 g/mol.